The van der Waals surface area contributed by atoms with Crippen LogP contribution in [0.5, 0.6) is 0 Å². The Labute approximate surface area is 204 Å². The lowest BCUT2D eigenvalue weighted by molar-refractivity contribution is 1.10. The summed E-state index contributed by atoms with van der Waals surface area (Å²) in [5, 5.41) is 6.06. The van der Waals surface area contributed by atoms with Gasteiger partial charge in [-0.1, -0.05) is 66.7 Å². The van der Waals surface area contributed by atoms with Crippen molar-refractivity contribution in [2.24, 2.45) is 0 Å². The second kappa shape index (κ2) is 6.84. The zero-order valence-corrected chi connectivity index (χ0v) is 19.7. The number of hydrogen-bond donors (Lipinski definition) is 0. The number of hydrogen-bond acceptors (Lipinski definition) is 4. The normalized spacial score (nSPS) is 12.1. The molecule has 8 aromatic rings. The predicted molar refractivity (Wildman–Crippen MR) is 146 cm³/mol. The Morgan fingerprint density at radius 2 is 1.34 bits per heavy atom. The highest BCUT2D eigenvalue weighted by Gasteiger charge is 2.17. The molecule has 0 radical (unpaired) electrons. The summed E-state index contributed by atoms with van der Waals surface area (Å²) in [6.07, 6.45) is 2.14. The van der Waals surface area contributed by atoms with Gasteiger partial charge in [-0.2, -0.15) is 0 Å². The van der Waals surface area contributed by atoms with Gasteiger partial charge in [-0.15, -0.1) is 11.3 Å². The fourth-order valence-corrected chi connectivity index (χ4v) is 6.54. The highest BCUT2D eigenvalue weighted by molar-refractivity contribution is 7.26. The van der Waals surface area contributed by atoms with E-state index >= 15 is 0 Å². The minimum atomic E-state index is 0.779. The molecule has 0 N–H and O–H groups in total. The Balaban J connectivity index is 1.47. The first-order valence-corrected chi connectivity index (χ1v) is 12.5. The predicted octanol–water partition coefficient (Wildman–Crippen LogP) is 7.93. The first-order chi connectivity index (χ1) is 17.3. The van der Waals surface area contributed by atoms with Crippen LogP contribution >= 0.6 is 11.3 Å². The zero-order valence-electron chi connectivity index (χ0n) is 18.9. The third kappa shape index (κ3) is 2.58. The van der Waals surface area contributed by atoms with E-state index in [1.165, 1.54) is 31.6 Å². The summed E-state index contributed by atoms with van der Waals surface area (Å²) in [5.74, 6) is 0.779. The SMILES string of the molecule is Cc1nc(-c2ccn3c(c2)nc2c4ccccc4c4ccccc4c23)c2sc3ccccc3c2n1. The molecule has 4 nitrogen and oxygen atoms in total. The number of nitrogens with zero attached hydrogens (tertiary/aromatic N) is 4. The molecule has 0 bridgehead atoms. The maximum absolute atomic E-state index is 5.15. The van der Waals surface area contributed by atoms with E-state index < -0.39 is 0 Å². The van der Waals surface area contributed by atoms with Crippen molar-refractivity contribution in [1.29, 1.82) is 0 Å². The number of fused-ring (bicyclic) bond motifs is 11. The second-order valence-electron chi connectivity index (χ2n) is 8.94. The van der Waals surface area contributed by atoms with E-state index in [4.69, 9.17) is 15.0 Å². The molecular weight excluding hydrogens is 448 g/mol. The molecule has 4 heterocycles. The van der Waals surface area contributed by atoms with Crippen LogP contribution in [-0.4, -0.2) is 19.4 Å². The summed E-state index contributed by atoms with van der Waals surface area (Å²) < 4.78 is 4.56. The molecule has 4 aromatic carbocycles. The van der Waals surface area contributed by atoms with Crippen molar-refractivity contribution in [1.82, 2.24) is 19.4 Å². The van der Waals surface area contributed by atoms with Crippen LogP contribution in [-0.2, 0) is 0 Å². The summed E-state index contributed by atoms with van der Waals surface area (Å²) >= 11 is 1.75. The van der Waals surface area contributed by atoms with E-state index in [0.29, 0.717) is 0 Å². The van der Waals surface area contributed by atoms with Crippen molar-refractivity contribution in [2.75, 3.05) is 0 Å². The molecule has 164 valence electrons. The summed E-state index contributed by atoms with van der Waals surface area (Å²) in [5.41, 5.74) is 6.15. The highest BCUT2D eigenvalue weighted by Crippen LogP contribution is 2.39. The molecule has 5 heteroatoms. The van der Waals surface area contributed by atoms with Crippen molar-refractivity contribution >= 4 is 69.9 Å². The topological polar surface area (TPSA) is 43.1 Å². The lowest BCUT2D eigenvalue weighted by Crippen LogP contribution is -1.93. The minimum Gasteiger partial charge on any atom is -0.299 e. The van der Waals surface area contributed by atoms with Gasteiger partial charge < -0.3 is 0 Å². The van der Waals surface area contributed by atoms with Crippen LogP contribution in [0.1, 0.15) is 5.82 Å². The van der Waals surface area contributed by atoms with E-state index in [9.17, 15) is 0 Å². The van der Waals surface area contributed by atoms with Crippen molar-refractivity contribution in [3.8, 4) is 11.3 Å². The number of pyridine rings is 1. The average Bonchev–Trinajstić information content (AvgIpc) is 3.47. The summed E-state index contributed by atoms with van der Waals surface area (Å²) in [7, 11) is 0. The zero-order chi connectivity index (χ0) is 23.1. The Morgan fingerprint density at radius 1 is 0.657 bits per heavy atom. The third-order valence-electron chi connectivity index (χ3n) is 6.89. The quantitative estimate of drug-likeness (QED) is 0.231. The molecule has 0 saturated carbocycles. The Hall–Kier alpha value is -4.35. The lowest BCUT2D eigenvalue weighted by Gasteiger charge is -2.07. The Morgan fingerprint density at radius 3 is 2.17 bits per heavy atom. The van der Waals surface area contributed by atoms with Crippen molar-refractivity contribution in [2.45, 2.75) is 6.92 Å². The number of benzene rings is 4. The minimum absolute atomic E-state index is 0.779. The number of rotatable bonds is 1. The smallest absolute Gasteiger partial charge is 0.138 e. The van der Waals surface area contributed by atoms with Crippen molar-refractivity contribution < 1.29 is 0 Å². The van der Waals surface area contributed by atoms with Gasteiger partial charge in [0.1, 0.15) is 11.5 Å². The van der Waals surface area contributed by atoms with E-state index in [0.717, 1.165) is 44.0 Å². The van der Waals surface area contributed by atoms with Gasteiger partial charge in [0.15, 0.2) is 0 Å². The van der Waals surface area contributed by atoms with Crippen LogP contribution in [0.3, 0.4) is 0 Å². The molecule has 0 aliphatic carbocycles. The van der Waals surface area contributed by atoms with Gasteiger partial charge in [-0.25, -0.2) is 15.0 Å². The van der Waals surface area contributed by atoms with E-state index in [1.807, 2.05) is 6.92 Å². The van der Waals surface area contributed by atoms with Gasteiger partial charge in [0.2, 0.25) is 0 Å². The average molecular weight is 467 g/mol. The van der Waals surface area contributed by atoms with Crippen LogP contribution < -0.4 is 0 Å². The van der Waals surface area contributed by atoms with Crippen LogP contribution in [0.2, 0.25) is 0 Å². The lowest BCUT2D eigenvalue weighted by atomic mass is 10.00. The Kier molecular flexibility index (Phi) is 3.71. The van der Waals surface area contributed by atoms with Crippen LogP contribution in [0.4, 0.5) is 0 Å². The number of aryl methyl sites for hydroxylation is 1. The first-order valence-electron chi connectivity index (χ1n) is 11.6. The van der Waals surface area contributed by atoms with Crippen LogP contribution in [0.15, 0.2) is 91.1 Å². The second-order valence-corrected chi connectivity index (χ2v) is 9.99. The molecule has 0 spiro atoms. The summed E-state index contributed by atoms with van der Waals surface area (Å²) in [4.78, 5) is 14.8. The van der Waals surface area contributed by atoms with E-state index in [1.54, 1.807) is 11.3 Å². The monoisotopic (exact) mass is 466 g/mol. The molecule has 0 fully saturated rings. The molecule has 0 aliphatic heterocycles. The van der Waals surface area contributed by atoms with E-state index in [2.05, 4.69) is 95.5 Å². The highest BCUT2D eigenvalue weighted by atomic mass is 32.1. The van der Waals surface area contributed by atoms with Gasteiger partial charge in [0.25, 0.3) is 0 Å². The number of imidazole rings is 1. The van der Waals surface area contributed by atoms with Crippen molar-refractivity contribution in [3.05, 3.63) is 97.0 Å². The van der Waals surface area contributed by atoms with Crippen LogP contribution in [0.25, 0.3) is 69.8 Å². The molecule has 0 atom stereocenters. The van der Waals surface area contributed by atoms with Gasteiger partial charge in [-0.3, -0.25) is 4.40 Å². The number of thiophene rings is 1. The van der Waals surface area contributed by atoms with Crippen LogP contribution in [0, 0.1) is 6.92 Å². The Bertz CT molecular complexity index is 2130. The molecule has 0 amide bonds. The molecule has 35 heavy (non-hydrogen) atoms. The molecular formula is C30H18N4S. The fraction of sp³-hybridized carbons (Fsp3) is 0.0333. The first kappa shape index (κ1) is 19.0. The maximum atomic E-state index is 5.15. The maximum Gasteiger partial charge on any atom is 0.138 e. The van der Waals surface area contributed by atoms with Crippen molar-refractivity contribution in [3.63, 3.8) is 0 Å². The standard InChI is InChI=1S/C30H18N4S/c1-17-31-26(30-28(32-17)23-12-6-7-13-24(23)35-30)18-14-15-34-25(16-18)33-27-21-10-4-2-8-19(21)20-9-3-5-11-22(20)29(27)34/h2-16H,1H3. The van der Waals surface area contributed by atoms with Gasteiger partial charge in [0, 0.05) is 32.6 Å². The molecule has 8 rings (SSSR count). The third-order valence-corrected chi connectivity index (χ3v) is 8.05. The molecule has 0 saturated heterocycles. The fourth-order valence-electron chi connectivity index (χ4n) is 5.38. The summed E-state index contributed by atoms with van der Waals surface area (Å²) in [6, 6.07) is 29.9. The largest absolute Gasteiger partial charge is 0.299 e. The van der Waals surface area contributed by atoms with Gasteiger partial charge in [0.05, 0.1) is 26.9 Å². The number of aromatic nitrogens is 4. The molecule has 4 aromatic heterocycles. The molecule has 0 unspecified atom stereocenters. The van der Waals surface area contributed by atoms with Gasteiger partial charge >= 0.3 is 0 Å². The summed E-state index contributed by atoms with van der Waals surface area (Å²) in [6.45, 7) is 1.97. The molecule has 0 aliphatic rings. The van der Waals surface area contributed by atoms with Gasteiger partial charge in [-0.05, 0) is 35.9 Å². The van der Waals surface area contributed by atoms with E-state index in [-0.39, 0.29) is 0 Å².